The Morgan fingerprint density at radius 2 is 0.723 bits per heavy atom. The minimum absolute atomic E-state index is 0.232. The molecular weight excluding hydrogens is 783 g/mol. The first-order valence-corrected chi connectivity index (χ1v) is 22.8. The lowest BCUT2D eigenvalue weighted by Crippen LogP contribution is -2.28. The maximum atomic E-state index is 2.51. The summed E-state index contributed by atoms with van der Waals surface area (Å²) in [6, 6.07) is 91.9. The molecule has 308 valence electrons. The maximum absolute atomic E-state index is 2.51. The third kappa shape index (κ3) is 6.15. The van der Waals surface area contributed by atoms with Crippen molar-refractivity contribution >= 4 is 17.1 Å². The zero-order chi connectivity index (χ0) is 43.5. The molecule has 0 aromatic heterocycles. The Bertz CT molecular complexity index is 3310. The minimum Gasteiger partial charge on any atom is -0.310 e. The van der Waals surface area contributed by atoms with Gasteiger partial charge in [0.15, 0.2) is 0 Å². The summed E-state index contributed by atoms with van der Waals surface area (Å²) in [5.41, 5.74) is 22.9. The molecule has 2 aliphatic rings. The molecule has 0 amide bonds. The molecule has 1 heteroatoms. The van der Waals surface area contributed by atoms with Gasteiger partial charge in [0.2, 0.25) is 0 Å². The number of rotatable bonds is 8. The van der Waals surface area contributed by atoms with Crippen LogP contribution in [0.3, 0.4) is 0 Å². The van der Waals surface area contributed by atoms with Gasteiger partial charge in [0.1, 0.15) is 0 Å². The average molecular weight is 830 g/mol. The summed E-state index contributed by atoms with van der Waals surface area (Å²) in [6.07, 6.45) is 0. The largest absolute Gasteiger partial charge is 0.310 e. The van der Waals surface area contributed by atoms with Crippen molar-refractivity contribution in [3.8, 4) is 55.6 Å². The van der Waals surface area contributed by atoms with Gasteiger partial charge in [-0.3, -0.25) is 0 Å². The van der Waals surface area contributed by atoms with Crippen molar-refractivity contribution < 1.29 is 0 Å². The highest BCUT2D eigenvalue weighted by atomic mass is 15.1. The lowest BCUT2D eigenvalue weighted by molar-refractivity contribution is 0.660. The second kappa shape index (κ2) is 15.4. The highest BCUT2D eigenvalue weighted by molar-refractivity contribution is 5.98. The van der Waals surface area contributed by atoms with Crippen LogP contribution in [0.4, 0.5) is 17.1 Å². The monoisotopic (exact) mass is 829 g/mol. The Hall–Kier alpha value is -8.00. The van der Waals surface area contributed by atoms with Gasteiger partial charge in [-0.05, 0) is 120 Å². The molecule has 10 aromatic rings. The van der Waals surface area contributed by atoms with Crippen LogP contribution in [0.1, 0.15) is 47.2 Å². The van der Waals surface area contributed by atoms with Crippen LogP contribution < -0.4 is 4.90 Å². The Morgan fingerprint density at radius 1 is 0.292 bits per heavy atom. The molecule has 10 aromatic carbocycles. The van der Waals surface area contributed by atoms with E-state index in [0.717, 1.165) is 17.1 Å². The van der Waals surface area contributed by atoms with E-state index in [2.05, 4.69) is 267 Å². The van der Waals surface area contributed by atoms with Crippen LogP contribution in [0.5, 0.6) is 0 Å². The molecule has 0 unspecified atom stereocenters. The Labute approximate surface area is 382 Å². The van der Waals surface area contributed by atoms with Crippen molar-refractivity contribution in [2.45, 2.75) is 24.7 Å². The van der Waals surface area contributed by atoms with Gasteiger partial charge in [0.05, 0.1) is 11.1 Å². The molecule has 12 rings (SSSR count). The van der Waals surface area contributed by atoms with Crippen molar-refractivity contribution in [1.82, 2.24) is 0 Å². The molecule has 0 heterocycles. The molecule has 1 nitrogen and oxygen atoms in total. The fraction of sp³-hybridized carbons (Fsp3) is 0.0625. The third-order valence-electron chi connectivity index (χ3n) is 14.2. The number of hydrogen-bond donors (Lipinski definition) is 0. The van der Waals surface area contributed by atoms with Gasteiger partial charge in [-0.1, -0.05) is 226 Å². The van der Waals surface area contributed by atoms with E-state index in [1.165, 1.54) is 89.0 Å². The molecule has 0 spiro atoms. The van der Waals surface area contributed by atoms with Crippen LogP contribution in [0.25, 0.3) is 55.6 Å². The summed E-state index contributed by atoms with van der Waals surface area (Å²) < 4.78 is 0. The highest BCUT2D eigenvalue weighted by Gasteiger charge is 2.47. The number of anilines is 3. The van der Waals surface area contributed by atoms with E-state index in [9.17, 15) is 0 Å². The number of nitrogens with zero attached hydrogens (tertiary/aromatic N) is 1. The van der Waals surface area contributed by atoms with Crippen LogP contribution in [-0.2, 0) is 10.8 Å². The van der Waals surface area contributed by atoms with E-state index in [4.69, 9.17) is 0 Å². The van der Waals surface area contributed by atoms with Crippen LogP contribution >= 0.6 is 0 Å². The van der Waals surface area contributed by atoms with Crippen molar-refractivity contribution in [3.63, 3.8) is 0 Å². The van der Waals surface area contributed by atoms with Gasteiger partial charge in [0, 0.05) is 22.4 Å². The lowest BCUT2D eigenvalue weighted by Gasteiger charge is -2.34. The maximum Gasteiger partial charge on any atom is 0.0714 e. The first-order valence-electron chi connectivity index (χ1n) is 22.8. The Balaban J connectivity index is 1.03. The first-order chi connectivity index (χ1) is 32.0. The average Bonchev–Trinajstić information content (AvgIpc) is 3.81. The Kier molecular flexibility index (Phi) is 9.14. The lowest BCUT2D eigenvalue weighted by atomic mass is 9.68. The van der Waals surface area contributed by atoms with Crippen LogP contribution in [0.15, 0.2) is 249 Å². The van der Waals surface area contributed by atoms with E-state index in [1.54, 1.807) is 0 Å². The predicted molar refractivity (Wildman–Crippen MR) is 272 cm³/mol. The minimum atomic E-state index is -0.506. The quantitative estimate of drug-likeness (QED) is 0.147. The molecular formula is C64H47N. The molecule has 2 aliphatic carbocycles. The molecule has 0 aliphatic heterocycles. The van der Waals surface area contributed by atoms with Gasteiger partial charge in [0.25, 0.3) is 0 Å². The van der Waals surface area contributed by atoms with Gasteiger partial charge in [-0.15, -0.1) is 0 Å². The summed E-state index contributed by atoms with van der Waals surface area (Å²) in [6.45, 7) is 4.79. The van der Waals surface area contributed by atoms with E-state index in [-0.39, 0.29) is 5.41 Å². The molecule has 0 atom stereocenters. The van der Waals surface area contributed by atoms with E-state index >= 15 is 0 Å². The van der Waals surface area contributed by atoms with Gasteiger partial charge in [-0.25, -0.2) is 0 Å². The molecule has 0 N–H and O–H groups in total. The SMILES string of the molecule is CC1(C)c2cc(-c3ccc(-c4ccccc4)cc3)ccc2-c2ccc(N(c3ccc(-c4ccccc4)cc3)c3cccc4c3-c3ccccc3C4(c3ccccc3)c3ccccc3)cc21. The zero-order valence-electron chi connectivity index (χ0n) is 36.6. The van der Waals surface area contributed by atoms with E-state index < -0.39 is 5.41 Å². The highest BCUT2D eigenvalue weighted by Crippen LogP contribution is 2.60. The zero-order valence-corrected chi connectivity index (χ0v) is 36.6. The van der Waals surface area contributed by atoms with Crippen LogP contribution in [0, 0.1) is 0 Å². The Morgan fingerprint density at radius 3 is 1.32 bits per heavy atom. The molecule has 0 radical (unpaired) electrons. The van der Waals surface area contributed by atoms with Crippen LogP contribution in [-0.4, -0.2) is 0 Å². The van der Waals surface area contributed by atoms with E-state index in [0.29, 0.717) is 0 Å². The summed E-state index contributed by atoms with van der Waals surface area (Å²) in [7, 11) is 0. The van der Waals surface area contributed by atoms with Gasteiger partial charge < -0.3 is 4.90 Å². The van der Waals surface area contributed by atoms with Crippen molar-refractivity contribution in [2.24, 2.45) is 0 Å². The second-order valence-corrected chi connectivity index (χ2v) is 18.0. The van der Waals surface area contributed by atoms with Gasteiger partial charge >= 0.3 is 0 Å². The summed E-state index contributed by atoms with van der Waals surface area (Å²) in [4.78, 5) is 2.51. The van der Waals surface area contributed by atoms with Crippen molar-refractivity contribution in [1.29, 1.82) is 0 Å². The number of fused-ring (bicyclic) bond motifs is 6. The molecule has 65 heavy (non-hydrogen) atoms. The summed E-state index contributed by atoms with van der Waals surface area (Å²) in [5.74, 6) is 0. The molecule has 0 saturated heterocycles. The topological polar surface area (TPSA) is 3.24 Å². The standard InChI is InChI=1S/C64H47N/c1-63(2)59-42-49(48-32-30-46(31-33-48)44-18-7-3-8-19-44)36-40-54(59)55-41-39-53(43-60(55)63)65(52-37-34-47(35-38-52)45-20-9-4-10-21-45)61-29-17-28-58-62(61)56-26-15-16-27-57(56)64(58,50-22-11-5-12-23-50)51-24-13-6-14-25-51/h3-43H,1-2H3. The summed E-state index contributed by atoms with van der Waals surface area (Å²) in [5, 5.41) is 0. The fourth-order valence-corrected chi connectivity index (χ4v) is 11.1. The van der Waals surface area contributed by atoms with E-state index in [1.807, 2.05) is 0 Å². The smallest absolute Gasteiger partial charge is 0.0714 e. The molecule has 0 saturated carbocycles. The first kappa shape index (κ1) is 38.7. The predicted octanol–water partition coefficient (Wildman–Crippen LogP) is 16.8. The summed E-state index contributed by atoms with van der Waals surface area (Å²) >= 11 is 0. The number of benzene rings is 10. The second-order valence-electron chi connectivity index (χ2n) is 18.0. The molecule has 0 fully saturated rings. The van der Waals surface area contributed by atoms with Gasteiger partial charge in [-0.2, -0.15) is 0 Å². The van der Waals surface area contributed by atoms with Crippen LogP contribution in [0.2, 0.25) is 0 Å². The molecule has 0 bridgehead atoms. The normalized spacial score (nSPS) is 13.6. The third-order valence-corrected chi connectivity index (χ3v) is 14.2. The van der Waals surface area contributed by atoms with Crippen molar-refractivity contribution in [3.05, 3.63) is 282 Å². The number of hydrogen-bond acceptors (Lipinski definition) is 1. The van der Waals surface area contributed by atoms with Crippen molar-refractivity contribution in [2.75, 3.05) is 4.90 Å². The fourth-order valence-electron chi connectivity index (χ4n) is 11.1.